The normalized spacial score (nSPS) is 47.2. The highest BCUT2D eigenvalue weighted by Gasteiger charge is 2.56. The largest absolute Gasteiger partial charge is 0.466 e. The van der Waals surface area contributed by atoms with Crippen LogP contribution in [0.4, 0.5) is 0 Å². The van der Waals surface area contributed by atoms with E-state index in [1.807, 2.05) is 6.92 Å². The van der Waals surface area contributed by atoms with Crippen molar-refractivity contribution in [1.29, 1.82) is 0 Å². The Morgan fingerprint density at radius 1 is 1.29 bits per heavy atom. The predicted octanol–water partition coefficient (Wildman–Crippen LogP) is 2.24. The van der Waals surface area contributed by atoms with E-state index in [1.165, 1.54) is 32.1 Å². The van der Waals surface area contributed by atoms with Gasteiger partial charge in [-0.3, -0.25) is 4.79 Å². The first-order chi connectivity index (χ1) is 8.03. The zero-order valence-corrected chi connectivity index (χ0v) is 10.7. The van der Waals surface area contributed by atoms with Gasteiger partial charge >= 0.3 is 5.97 Å². The number of hydrogen-bond donors (Lipinski definition) is 1. The number of carbonyl (C=O) groups excluding carboxylic acids is 1. The molecule has 4 fully saturated rings. The van der Waals surface area contributed by atoms with Crippen molar-refractivity contribution in [3.63, 3.8) is 0 Å². The zero-order valence-electron chi connectivity index (χ0n) is 10.7. The fraction of sp³-hybridized carbons (Fsp3) is 0.929. The van der Waals surface area contributed by atoms with Crippen molar-refractivity contribution >= 4 is 5.97 Å². The van der Waals surface area contributed by atoms with Gasteiger partial charge in [-0.25, -0.2) is 0 Å². The van der Waals surface area contributed by atoms with E-state index in [9.17, 15) is 4.79 Å². The van der Waals surface area contributed by atoms with E-state index in [0.717, 1.165) is 18.3 Å². The molecule has 0 saturated heterocycles. The number of hydrogen-bond acceptors (Lipinski definition) is 3. The summed E-state index contributed by atoms with van der Waals surface area (Å²) in [5, 5.41) is 0. The Hall–Kier alpha value is -0.570. The third-order valence-corrected chi connectivity index (χ3v) is 5.05. The molecule has 0 aliphatic heterocycles. The van der Waals surface area contributed by atoms with Crippen LogP contribution in [0.3, 0.4) is 0 Å². The SMILES string of the molecule is CCOC(=O)CC12CC3CC(CC(N)(C3)C1)C2. The molecule has 17 heavy (non-hydrogen) atoms. The molecule has 4 bridgehead atoms. The lowest BCUT2D eigenvalue weighted by Gasteiger charge is -2.60. The molecule has 2 unspecified atom stereocenters. The van der Waals surface area contributed by atoms with Crippen molar-refractivity contribution in [3.8, 4) is 0 Å². The van der Waals surface area contributed by atoms with Crippen LogP contribution in [-0.4, -0.2) is 18.1 Å². The van der Waals surface area contributed by atoms with Crippen LogP contribution < -0.4 is 5.73 Å². The van der Waals surface area contributed by atoms with Gasteiger partial charge in [0.15, 0.2) is 0 Å². The van der Waals surface area contributed by atoms with E-state index in [0.29, 0.717) is 13.0 Å². The summed E-state index contributed by atoms with van der Waals surface area (Å²) >= 11 is 0. The van der Waals surface area contributed by atoms with Gasteiger partial charge in [0.25, 0.3) is 0 Å². The second-order valence-corrected chi connectivity index (χ2v) is 6.81. The Bertz CT molecular complexity index is 325. The summed E-state index contributed by atoms with van der Waals surface area (Å²) in [6.45, 7) is 2.37. The molecular weight excluding hydrogens is 214 g/mol. The molecule has 4 aliphatic rings. The lowest BCUT2D eigenvalue weighted by atomic mass is 9.46. The molecule has 3 heteroatoms. The van der Waals surface area contributed by atoms with Crippen molar-refractivity contribution in [2.75, 3.05) is 6.61 Å². The molecule has 2 N–H and O–H groups in total. The highest BCUT2D eigenvalue weighted by molar-refractivity contribution is 5.70. The van der Waals surface area contributed by atoms with E-state index in [2.05, 4.69) is 0 Å². The lowest BCUT2D eigenvalue weighted by molar-refractivity contribution is -0.152. The fourth-order valence-corrected chi connectivity index (χ4v) is 5.25. The maximum absolute atomic E-state index is 11.8. The van der Waals surface area contributed by atoms with Gasteiger partial charge in [0, 0.05) is 5.54 Å². The molecule has 3 nitrogen and oxygen atoms in total. The van der Waals surface area contributed by atoms with E-state index in [4.69, 9.17) is 10.5 Å². The third kappa shape index (κ3) is 1.99. The molecule has 96 valence electrons. The van der Waals surface area contributed by atoms with Crippen LogP contribution in [0.5, 0.6) is 0 Å². The number of carbonyl (C=O) groups is 1. The molecule has 0 aromatic heterocycles. The minimum absolute atomic E-state index is 0.0157. The summed E-state index contributed by atoms with van der Waals surface area (Å²) in [5.41, 5.74) is 6.73. The van der Waals surface area contributed by atoms with Crippen LogP contribution in [0, 0.1) is 17.3 Å². The number of esters is 1. The van der Waals surface area contributed by atoms with Crippen LogP contribution in [0.1, 0.15) is 51.9 Å². The molecule has 4 saturated carbocycles. The molecule has 4 rings (SSSR count). The average Bonchev–Trinajstić information content (AvgIpc) is 2.11. The Morgan fingerprint density at radius 3 is 2.47 bits per heavy atom. The van der Waals surface area contributed by atoms with E-state index < -0.39 is 0 Å². The molecule has 0 spiro atoms. The minimum Gasteiger partial charge on any atom is -0.466 e. The highest BCUT2D eigenvalue weighted by atomic mass is 16.5. The van der Waals surface area contributed by atoms with E-state index in [-0.39, 0.29) is 16.9 Å². The second kappa shape index (κ2) is 3.71. The Morgan fingerprint density at radius 2 is 1.94 bits per heavy atom. The van der Waals surface area contributed by atoms with Crippen LogP contribution in [-0.2, 0) is 9.53 Å². The van der Waals surface area contributed by atoms with E-state index >= 15 is 0 Å². The van der Waals surface area contributed by atoms with Crippen LogP contribution in [0.15, 0.2) is 0 Å². The summed E-state index contributed by atoms with van der Waals surface area (Å²) in [5.74, 6) is 1.53. The molecule has 0 radical (unpaired) electrons. The van der Waals surface area contributed by atoms with Crippen LogP contribution in [0.25, 0.3) is 0 Å². The first-order valence-electron chi connectivity index (χ1n) is 6.97. The monoisotopic (exact) mass is 237 g/mol. The summed E-state index contributed by atoms with van der Waals surface area (Å²) in [6.07, 6.45) is 7.80. The highest BCUT2D eigenvalue weighted by Crippen LogP contribution is 2.62. The van der Waals surface area contributed by atoms with Gasteiger partial charge in [0.2, 0.25) is 0 Å². The van der Waals surface area contributed by atoms with Gasteiger partial charge in [-0.1, -0.05) is 0 Å². The van der Waals surface area contributed by atoms with Crippen molar-refractivity contribution < 1.29 is 9.53 Å². The molecule has 0 amide bonds. The quantitative estimate of drug-likeness (QED) is 0.766. The fourth-order valence-electron chi connectivity index (χ4n) is 5.25. The third-order valence-electron chi connectivity index (χ3n) is 5.05. The lowest BCUT2D eigenvalue weighted by Crippen LogP contribution is -2.60. The average molecular weight is 237 g/mol. The summed E-state index contributed by atoms with van der Waals surface area (Å²) in [7, 11) is 0. The number of nitrogens with two attached hydrogens (primary N) is 1. The van der Waals surface area contributed by atoms with Crippen molar-refractivity contribution in [2.45, 2.75) is 57.4 Å². The Kier molecular flexibility index (Phi) is 2.51. The Balaban J connectivity index is 1.76. The maximum Gasteiger partial charge on any atom is 0.306 e. The van der Waals surface area contributed by atoms with Gasteiger partial charge in [0.1, 0.15) is 0 Å². The molecule has 4 aliphatic carbocycles. The first kappa shape index (κ1) is 11.5. The smallest absolute Gasteiger partial charge is 0.306 e. The van der Waals surface area contributed by atoms with Crippen LogP contribution in [0.2, 0.25) is 0 Å². The van der Waals surface area contributed by atoms with Gasteiger partial charge in [-0.2, -0.15) is 0 Å². The topological polar surface area (TPSA) is 52.3 Å². The van der Waals surface area contributed by atoms with Gasteiger partial charge in [-0.05, 0) is 62.7 Å². The molecule has 2 atom stereocenters. The molecule has 0 aromatic carbocycles. The minimum atomic E-state index is -0.0157. The summed E-state index contributed by atoms with van der Waals surface area (Å²) < 4.78 is 5.13. The predicted molar refractivity (Wildman–Crippen MR) is 65.3 cm³/mol. The summed E-state index contributed by atoms with van der Waals surface area (Å²) in [6, 6.07) is 0. The van der Waals surface area contributed by atoms with Crippen LogP contribution >= 0.6 is 0 Å². The Labute approximate surface area is 103 Å². The number of ether oxygens (including phenoxy) is 1. The maximum atomic E-state index is 11.8. The molecule has 0 aromatic rings. The zero-order chi connectivity index (χ0) is 12.1. The van der Waals surface area contributed by atoms with E-state index in [1.54, 1.807) is 0 Å². The van der Waals surface area contributed by atoms with Crippen molar-refractivity contribution in [2.24, 2.45) is 23.0 Å². The standard InChI is InChI=1S/C14H23NO2/c1-2-17-12(16)8-13-4-10-3-11(5-13)7-14(15,6-10)9-13/h10-11H,2-9,15H2,1H3. The first-order valence-corrected chi connectivity index (χ1v) is 6.97. The second-order valence-electron chi connectivity index (χ2n) is 6.81. The van der Waals surface area contributed by atoms with Crippen molar-refractivity contribution in [3.05, 3.63) is 0 Å². The van der Waals surface area contributed by atoms with Gasteiger partial charge in [-0.15, -0.1) is 0 Å². The molecular formula is C14H23NO2. The van der Waals surface area contributed by atoms with Crippen molar-refractivity contribution in [1.82, 2.24) is 0 Å². The van der Waals surface area contributed by atoms with Gasteiger partial charge in [0.05, 0.1) is 13.0 Å². The number of rotatable bonds is 3. The van der Waals surface area contributed by atoms with Gasteiger partial charge < -0.3 is 10.5 Å². The summed E-state index contributed by atoms with van der Waals surface area (Å²) in [4.78, 5) is 11.8. The molecule has 0 heterocycles.